The summed E-state index contributed by atoms with van der Waals surface area (Å²) in [5.74, 6) is 0. The van der Waals surface area contributed by atoms with Crippen molar-refractivity contribution in [2.75, 3.05) is 32.7 Å². The molecular formula is C47H38IrN5-5. The van der Waals surface area contributed by atoms with E-state index < -0.39 is 0 Å². The molecule has 0 N–H and O–H groups in total. The fraction of sp³-hybridized carbons (Fsp3) is 0.0851. The van der Waals surface area contributed by atoms with Crippen LogP contribution in [0.4, 0.5) is 34.1 Å². The van der Waals surface area contributed by atoms with Crippen LogP contribution < -0.4 is 19.6 Å². The van der Waals surface area contributed by atoms with E-state index in [0.717, 1.165) is 54.1 Å². The summed E-state index contributed by atoms with van der Waals surface area (Å²) in [4.78, 5) is 13.7. The van der Waals surface area contributed by atoms with Crippen LogP contribution in [0.15, 0.2) is 170 Å². The Labute approximate surface area is 327 Å². The number of para-hydroxylation sites is 6. The van der Waals surface area contributed by atoms with Gasteiger partial charge in [-0.25, -0.2) is 0 Å². The maximum atomic E-state index is 4.49. The van der Waals surface area contributed by atoms with Gasteiger partial charge in [0.2, 0.25) is 0 Å². The Morgan fingerprint density at radius 3 is 1.42 bits per heavy atom. The Hall–Kier alpha value is -5.68. The summed E-state index contributed by atoms with van der Waals surface area (Å²) in [6, 6.07) is 65.6. The van der Waals surface area contributed by atoms with E-state index in [1.165, 1.54) is 28.3 Å². The first-order valence-electron chi connectivity index (χ1n) is 17.7. The number of hydrogen-bond donors (Lipinski definition) is 0. The van der Waals surface area contributed by atoms with E-state index in [-0.39, 0.29) is 20.1 Å². The zero-order chi connectivity index (χ0) is 35.0. The Morgan fingerprint density at radius 1 is 0.453 bits per heavy atom. The summed E-state index contributed by atoms with van der Waals surface area (Å²) in [7, 11) is 0. The van der Waals surface area contributed by atoms with Crippen LogP contribution in [0, 0.1) is 31.5 Å². The third kappa shape index (κ3) is 8.20. The minimum atomic E-state index is 0. The standard InChI is InChI=1S/C30H26N4.C17H12N.Ir/c1-3-13-25(14-4-1)33-23-31(27-17-7-9-19-29(27)33)21-11-12-22-32-24-34(26-15-5-2-6-16-26)30-20-10-8-18-28(30)32;1-3-7-14(8-4-1)16-11-12-17(18-13-16)15-9-5-2-6-10-15;/h1-10,13,15,17-20,23-24H,11-12,21-22H2;1-9,11-13H;/q-4;-1;. The third-order valence-electron chi connectivity index (χ3n) is 9.22. The summed E-state index contributed by atoms with van der Waals surface area (Å²) < 4.78 is 0. The first kappa shape index (κ1) is 35.7. The molecule has 7 aromatic rings. The minimum absolute atomic E-state index is 0. The van der Waals surface area contributed by atoms with Crippen LogP contribution in [0.1, 0.15) is 12.8 Å². The van der Waals surface area contributed by atoms with Gasteiger partial charge in [-0.1, -0.05) is 66.7 Å². The number of fused-ring (bicyclic) bond motifs is 2. The number of anilines is 6. The van der Waals surface area contributed by atoms with Crippen LogP contribution >= 0.6 is 0 Å². The average molecular weight is 865 g/mol. The molecule has 9 rings (SSSR count). The van der Waals surface area contributed by atoms with Crippen molar-refractivity contribution in [1.82, 2.24) is 4.98 Å². The molecule has 2 aliphatic rings. The van der Waals surface area contributed by atoms with Gasteiger partial charge in [0.25, 0.3) is 0 Å². The van der Waals surface area contributed by atoms with Crippen LogP contribution in [0.2, 0.25) is 0 Å². The SMILES string of the molecule is [Ir].[c-]1ccccc1-c1ccc(-c2ccccc2)cn1.[c-]1ccccc1N1[CH-]N(CCCCN2[CH-]N(c3[c-]cccc3)c3ccccc32)c2ccccc21. The normalized spacial score (nSPS) is 12.8. The number of nitrogens with zero attached hydrogens (tertiary/aromatic N) is 5. The van der Waals surface area contributed by atoms with Gasteiger partial charge in [0, 0.05) is 49.1 Å². The maximum absolute atomic E-state index is 4.49. The molecule has 1 aromatic heterocycles. The van der Waals surface area contributed by atoms with Gasteiger partial charge in [-0.15, -0.1) is 47.3 Å². The van der Waals surface area contributed by atoms with Crippen molar-refractivity contribution >= 4 is 34.1 Å². The van der Waals surface area contributed by atoms with Crippen molar-refractivity contribution in [3.05, 3.63) is 202 Å². The van der Waals surface area contributed by atoms with Crippen LogP contribution in [0.5, 0.6) is 0 Å². The molecule has 3 heterocycles. The van der Waals surface area contributed by atoms with Gasteiger partial charge in [-0.3, -0.25) is 0 Å². The molecule has 0 spiro atoms. The van der Waals surface area contributed by atoms with Gasteiger partial charge < -0.3 is 24.6 Å². The van der Waals surface area contributed by atoms with Crippen LogP contribution in [-0.2, 0) is 20.1 Å². The zero-order valence-corrected chi connectivity index (χ0v) is 31.6. The van der Waals surface area contributed by atoms with Gasteiger partial charge in [0.1, 0.15) is 0 Å². The van der Waals surface area contributed by atoms with Crippen LogP contribution in [0.25, 0.3) is 22.4 Å². The molecule has 2 aliphatic heterocycles. The molecule has 0 bridgehead atoms. The van der Waals surface area contributed by atoms with Gasteiger partial charge in [0.05, 0.1) is 0 Å². The Kier molecular flexibility index (Phi) is 11.6. The summed E-state index contributed by atoms with van der Waals surface area (Å²) >= 11 is 0. The Balaban J connectivity index is 0.000000194. The second-order valence-corrected chi connectivity index (χ2v) is 12.6. The molecule has 0 saturated carbocycles. The summed E-state index contributed by atoms with van der Waals surface area (Å²) in [6.45, 7) is 6.37. The van der Waals surface area contributed by atoms with Crippen molar-refractivity contribution in [3.63, 3.8) is 0 Å². The molecule has 5 nitrogen and oxygen atoms in total. The molecular weight excluding hydrogens is 827 g/mol. The van der Waals surface area contributed by atoms with E-state index in [0.29, 0.717) is 0 Å². The van der Waals surface area contributed by atoms with Gasteiger partial charge in [0.15, 0.2) is 0 Å². The number of unbranched alkanes of at least 4 members (excludes halogenated alkanes) is 1. The topological polar surface area (TPSA) is 25.9 Å². The van der Waals surface area contributed by atoms with Gasteiger partial charge >= 0.3 is 0 Å². The monoisotopic (exact) mass is 865 g/mol. The van der Waals surface area contributed by atoms with Gasteiger partial charge in [-0.05, 0) is 67.0 Å². The van der Waals surface area contributed by atoms with Crippen molar-refractivity contribution < 1.29 is 20.1 Å². The molecule has 0 aliphatic carbocycles. The molecule has 265 valence electrons. The van der Waals surface area contributed by atoms with E-state index >= 15 is 0 Å². The van der Waals surface area contributed by atoms with E-state index in [1.807, 2.05) is 79.0 Å². The summed E-state index contributed by atoms with van der Waals surface area (Å²) in [6.07, 6.45) is 4.10. The smallest absolute Gasteiger partial charge is 0.0326 e. The van der Waals surface area contributed by atoms with Crippen LogP contribution in [0.3, 0.4) is 0 Å². The Morgan fingerprint density at radius 2 is 0.943 bits per heavy atom. The van der Waals surface area contributed by atoms with E-state index in [2.05, 4.69) is 147 Å². The minimum Gasteiger partial charge on any atom is -0.501 e. The van der Waals surface area contributed by atoms with Crippen molar-refractivity contribution in [2.45, 2.75) is 12.8 Å². The number of aromatic nitrogens is 1. The molecule has 0 amide bonds. The predicted molar refractivity (Wildman–Crippen MR) is 214 cm³/mol. The van der Waals surface area contributed by atoms with E-state index in [4.69, 9.17) is 0 Å². The van der Waals surface area contributed by atoms with Crippen LogP contribution in [-0.4, -0.2) is 18.1 Å². The van der Waals surface area contributed by atoms with Crippen molar-refractivity contribution in [3.8, 4) is 22.4 Å². The fourth-order valence-corrected chi connectivity index (χ4v) is 6.63. The number of rotatable bonds is 9. The van der Waals surface area contributed by atoms with E-state index in [9.17, 15) is 0 Å². The first-order valence-corrected chi connectivity index (χ1v) is 17.7. The Bertz CT molecular complexity index is 2010. The van der Waals surface area contributed by atoms with Crippen molar-refractivity contribution in [2.24, 2.45) is 0 Å². The van der Waals surface area contributed by atoms with Crippen molar-refractivity contribution in [1.29, 1.82) is 0 Å². The number of pyridine rings is 1. The zero-order valence-electron chi connectivity index (χ0n) is 29.2. The number of benzene rings is 6. The van der Waals surface area contributed by atoms with Gasteiger partial charge in [-0.2, -0.15) is 74.0 Å². The molecule has 0 unspecified atom stereocenters. The molecule has 0 saturated heterocycles. The summed E-state index contributed by atoms with van der Waals surface area (Å²) in [5.41, 5.74) is 11.4. The molecule has 0 atom stereocenters. The number of hydrogen-bond acceptors (Lipinski definition) is 5. The third-order valence-corrected chi connectivity index (χ3v) is 9.22. The average Bonchev–Trinajstić information content (AvgIpc) is 3.80. The summed E-state index contributed by atoms with van der Waals surface area (Å²) in [5, 5.41) is 0. The molecule has 6 heteroatoms. The fourth-order valence-electron chi connectivity index (χ4n) is 6.63. The second kappa shape index (κ2) is 17.2. The molecule has 0 fully saturated rings. The second-order valence-electron chi connectivity index (χ2n) is 12.6. The molecule has 53 heavy (non-hydrogen) atoms. The largest absolute Gasteiger partial charge is 0.501 e. The first-order chi connectivity index (χ1) is 25.8. The predicted octanol–water partition coefficient (Wildman–Crippen LogP) is 11.1. The molecule has 6 aromatic carbocycles. The maximum Gasteiger partial charge on any atom is 0.0326 e. The van der Waals surface area contributed by atoms with E-state index in [1.54, 1.807) is 0 Å². The quantitative estimate of drug-likeness (QED) is 0.106. The molecule has 1 radical (unpaired) electrons.